The lowest BCUT2D eigenvalue weighted by Crippen LogP contribution is -2.07. The third-order valence-corrected chi connectivity index (χ3v) is 2.01. The topological polar surface area (TPSA) is 53.4 Å². The standard InChI is InChI=1S/C10H15NO2/c1-8(7-12)5-10(13)9-3-2-4-11-6-9/h2-4,6,8,10,12-13H,5,7H2,1H3/t8-,10?/m1/s1. The predicted octanol–water partition coefficient (Wildman–Crippen LogP) is 1.13. The van der Waals surface area contributed by atoms with Gasteiger partial charge in [0.25, 0.3) is 0 Å². The molecule has 1 rings (SSSR count). The van der Waals surface area contributed by atoms with Gasteiger partial charge in [-0.2, -0.15) is 0 Å². The van der Waals surface area contributed by atoms with Gasteiger partial charge in [-0.05, 0) is 24.0 Å². The second-order valence-electron chi connectivity index (χ2n) is 3.33. The van der Waals surface area contributed by atoms with Gasteiger partial charge < -0.3 is 10.2 Å². The molecule has 0 aliphatic rings. The number of aromatic nitrogens is 1. The van der Waals surface area contributed by atoms with Crippen molar-refractivity contribution >= 4 is 0 Å². The first-order valence-corrected chi connectivity index (χ1v) is 4.43. The molecule has 3 nitrogen and oxygen atoms in total. The molecule has 0 radical (unpaired) electrons. The summed E-state index contributed by atoms with van der Waals surface area (Å²) < 4.78 is 0. The van der Waals surface area contributed by atoms with Crippen molar-refractivity contribution in [1.82, 2.24) is 4.98 Å². The van der Waals surface area contributed by atoms with Crippen LogP contribution < -0.4 is 0 Å². The minimum atomic E-state index is -0.518. The molecule has 0 spiro atoms. The Morgan fingerprint density at radius 2 is 2.31 bits per heavy atom. The molecule has 13 heavy (non-hydrogen) atoms. The maximum atomic E-state index is 9.67. The Balaban J connectivity index is 2.53. The second-order valence-corrected chi connectivity index (χ2v) is 3.33. The Hall–Kier alpha value is -0.930. The van der Waals surface area contributed by atoms with Crippen LogP contribution in [-0.2, 0) is 0 Å². The van der Waals surface area contributed by atoms with E-state index in [1.807, 2.05) is 13.0 Å². The highest BCUT2D eigenvalue weighted by atomic mass is 16.3. The quantitative estimate of drug-likeness (QED) is 0.732. The number of hydrogen-bond acceptors (Lipinski definition) is 3. The summed E-state index contributed by atoms with van der Waals surface area (Å²) in [6.45, 7) is 2.01. The molecule has 0 amide bonds. The second kappa shape index (κ2) is 4.94. The fourth-order valence-electron chi connectivity index (χ4n) is 1.16. The number of aliphatic hydroxyl groups is 2. The van der Waals surface area contributed by atoms with Gasteiger partial charge in [0.15, 0.2) is 0 Å². The predicted molar refractivity (Wildman–Crippen MR) is 50.1 cm³/mol. The summed E-state index contributed by atoms with van der Waals surface area (Å²) in [5.41, 5.74) is 0.808. The van der Waals surface area contributed by atoms with E-state index in [2.05, 4.69) is 4.98 Å². The molecule has 0 aromatic carbocycles. The summed E-state index contributed by atoms with van der Waals surface area (Å²) in [4.78, 5) is 3.92. The Kier molecular flexibility index (Phi) is 3.86. The summed E-state index contributed by atoms with van der Waals surface area (Å²) >= 11 is 0. The molecule has 72 valence electrons. The number of rotatable bonds is 4. The molecule has 1 aromatic heterocycles. The largest absolute Gasteiger partial charge is 0.396 e. The minimum absolute atomic E-state index is 0.108. The average Bonchev–Trinajstić information content (AvgIpc) is 2.19. The fourth-order valence-corrected chi connectivity index (χ4v) is 1.16. The van der Waals surface area contributed by atoms with Crippen molar-refractivity contribution in [2.24, 2.45) is 5.92 Å². The van der Waals surface area contributed by atoms with Crippen LogP contribution in [0.2, 0.25) is 0 Å². The van der Waals surface area contributed by atoms with E-state index < -0.39 is 6.10 Å². The molecule has 0 saturated carbocycles. The van der Waals surface area contributed by atoms with E-state index in [0.29, 0.717) is 6.42 Å². The fraction of sp³-hybridized carbons (Fsp3) is 0.500. The van der Waals surface area contributed by atoms with Gasteiger partial charge in [0.05, 0.1) is 6.10 Å². The van der Waals surface area contributed by atoms with E-state index in [0.717, 1.165) is 5.56 Å². The van der Waals surface area contributed by atoms with Gasteiger partial charge in [-0.1, -0.05) is 13.0 Å². The van der Waals surface area contributed by atoms with Crippen LogP contribution in [0.4, 0.5) is 0 Å². The number of nitrogens with zero attached hydrogens (tertiary/aromatic N) is 1. The molecular weight excluding hydrogens is 166 g/mol. The summed E-state index contributed by atoms with van der Waals surface area (Å²) in [5.74, 6) is 0.121. The third kappa shape index (κ3) is 3.13. The lowest BCUT2D eigenvalue weighted by molar-refractivity contribution is 0.122. The van der Waals surface area contributed by atoms with Crippen LogP contribution in [0.15, 0.2) is 24.5 Å². The molecule has 1 aromatic rings. The van der Waals surface area contributed by atoms with E-state index in [1.165, 1.54) is 0 Å². The zero-order chi connectivity index (χ0) is 9.68. The normalized spacial score (nSPS) is 15.3. The van der Waals surface area contributed by atoms with Crippen molar-refractivity contribution in [2.45, 2.75) is 19.4 Å². The van der Waals surface area contributed by atoms with Crippen LogP contribution in [0.1, 0.15) is 25.0 Å². The van der Waals surface area contributed by atoms with E-state index in [9.17, 15) is 5.11 Å². The minimum Gasteiger partial charge on any atom is -0.396 e. The molecule has 2 N–H and O–H groups in total. The van der Waals surface area contributed by atoms with Crippen molar-refractivity contribution in [1.29, 1.82) is 0 Å². The zero-order valence-corrected chi connectivity index (χ0v) is 7.72. The maximum absolute atomic E-state index is 9.67. The molecule has 2 atom stereocenters. The molecule has 0 saturated heterocycles. The van der Waals surface area contributed by atoms with Crippen LogP contribution >= 0.6 is 0 Å². The van der Waals surface area contributed by atoms with Gasteiger partial charge in [-0.15, -0.1) is 0 Å². The molecule has 1 unspecified atom stereocenters. The van der Waals surface area contributed by atoms with Gasteiger partial charge in [-0.3, -0.25) is 4.98 Å². The molecule has 0 bridgehead atoms. The van der Waals surface area contributed by atoms with Crippen LogP contribution in [0.25, 0.3) is 0 Å². The zero-order valence-electron chi connectivity index (χ0n) is 7.72. The monoisotopic (exact) mass is 181 g/mol. The van der Waals surface area contributed by atoms with Gasteiger partial charge >= 0.3 is 0 Å². The first-order valence-electron chi connectivity index (χ1n) is 4.43. The van der Waals surface area contributed by atoms with Crippen LogP contribution in [0.3, 0.4) is 0 Å². The SMILES string of the molecule is C[C@@H](CO)CC(O)c1cccnc1. The van der Waals surface area contributed by atoms with Crippen LogP contribution in [0.5, 0.6) is 0 Å². The first kappa shape index (κ1) is 10.2. The maximum Gasteiger partial charge on any atom is 0.0808 e. The Morgan fingerprint density at radius 3 is 2.85 bits per heavy atom. The molecule has 0 aliphatic carbocycles. The van der Waals surface area contributed by atoms with E-state index in [4.69, 9.17) is 5.11 Å². The number of aliphatic hydroxyl groups excluding tert-OH is 2. The average molecular weight is 181 g/mol. The Bertz CT molecular complexity index is 238. The van der Waals surface area contributed by atoms with Gasteiger partial charge in [0.2, 0.25) is 0 Å². The Labute approximate surface area is 78.1 Å². The van der Waals surface area contributed by atoms with Crippen molar-refractivity contribution in [3.05, 3.63) is 30.1 Å². The van der Waals surface area contributed by atoms with Crippen molar-refractivity contribution in [2.75, 3.05) is 6.61 Å². The van der Waals surface area contributed by atoms with Crippen LogP contribution in [0, 0.1) is 5.92 Å². The molecule has 3 heteroatoms. The van der Waals surface area contributed by atoms with Crippen LogP contribution in [-0.4, -0.2) is 21.8 Å². The summed E-state index contributed by atoms with van der Waals surface area (Å²) in [6.07, 6.45) is 3.37. The van der Waals surface area contributed by atoms with Gasteiger partial charge in [0, 0.05) is 19.0 Å². The van der Waals surface area contributed by atoms with Crippen molar-refractivity contribution in [3.8, 4) is 0 Å². The number of hydrogen-bond donors (Lipinski definition) is 2. The number of pyridine rings is 1. The van der Waals surface area contributed by atoms with E-state index >= 15 is 0 Å². The molecule has 1 heterocycles. The van der Waals surface area contributed by atoms with Crippen molar-refractivity contribution in [3.63, 3.8) is 0 Å². The lowest BCUT2D eigenvalue weighted by Gasteiger charge is -2.13. The highest BCUT2D eigenvalue weighted by Gasteiger charge is 2.11. The van der Waals surface area contributed by atoms with Crippen molar-refractivity contribution < 1.29 is 10.2 Å². The summed E-state index contributed by atoms with van der Waals surface area (Å²) in [7, 11) is 0. The first-order chi connectivity index (χ1) is 6.24. The smallest absolute Gasteiger partial charge is 0.0808 e. The summed E-state index contributed by atoms with van der Waals surface area (Å²) in [5, 5.41) is 18.5. The molecule has 0 fully saturated rings. The third-order valence-electron chi connectivity index (χ3n) is 2.01. The van der Waals surface area contributed by atoms with Gasteiger partial charge in [0.1, 0.15) is 0 Å². The Morgan fingerprint density at radius 1 is 1.54 bits per heavy atom. The molecular formula is C10H15NO2. The molecule has 0 aliphatic heterocycles. The summed E-state index contributed by atoms with van der Waals surface area (Å²) in [6, 6.07) is 3.63. The lowest BCUT2D eigenvalue weighted by atomic mass is 10.0. The highest BCUT2D eigenvalue weighted by Crippen LogP contribution is 2.19. The highest BCUT2D eigenvalue weighted by molar-refractivity contribution is 5.11. The van der Waals surface area contributed by atoms with Gasteiger partial charge in [-0.25, -0.2) is 0 Å². The van der Waals surface area contributed by atoms with E-state index in [-0.39, 0.29) is 12.5 Å². The van der Waals surface area contributed by atoms with E-state index in [1.54, 1.807) is 18.5 Å².